The van der Waals surface area contributed by atoms with Gasteiger partial charge in [0.25, 0.3) is 0 Å². The largest absolute Gasteiger partial charge is 0.497 e. The maximum absolute atomic E-state index is 11.4. The van der Waals surface area contributed by atoms with Crippen molar-refractivity contribution in [2.24, 2.45) is 0 Å². The van der Waals surface area contributed by atoms with Crippen LogP contribution < -0.4 is 4.74 Å². The van der Waals surface area contributed by atoms with Crippen LogP contribution in [0, 0.1) is 0 Å². The quantitative estimate of drug-likeness (QED) is 0.880. The number of carbonyl (C=O) groups excluding carboxylic acids is 1. The zero-order valence-corrected chi connectivity index (χ0v) is 11.6. The normalized spacial score (nSPS) is 10.3. The molecule has 0 fully saturated rings. The first-order valence-electron chi connectivity index (χ1n) is 5.74. The maximum Gasteiger partial charge on any atom is 0.352 e. The molecule has 0 atom stereocenters. The van der Waals surface area contributed by atoms with E-state index >= 15 is 0 Å². The Kier molecular flexibility index (Phi) is 3.81. The topological polar surface area (TPSA) is 68.5 Å². The monoisotopic (exact) mass is 293 g/mol. The smallest absolute Gasteiger partial charge is 0.352 e. The average molecular weight is 294 g/mol. The van der Waals surface area contributed by atoms with Gasteiger partial charge in [0.15, 0.2) is 5.78 Å². The molecule has 0 aliphatic rings. The van der Waals surface area contributed by atoms with Gasteiger partial charge in [0, 0.05) is 17.8 Å². The molecule has 0 saturated heterocycles. The van der Waals surface area contributed by atoms with Crippen LogP contribution in [0.1, 0.15) is 27.8 Å². The molecule has 2 rings (SSSR count). The van der Waals surface area contributed by atoms with Gasteiger partial charge in [-0.15, -0.1) is 0 Å². The second kappa shape index (κ2) is 5.38. The fourth-order valence-electron chi connectivity index (χ4n) is 1.82. The first kappa shape index (κ1) is 14.1. The number of carboxylic acids is 1. The highest BCUT2D eigenvalue weighted by Crippen LogP contribution is 2.28. The van der Waals surface area contributed by atoms with Crippen molar-refractivity contribution in [1.82, 2.24) is 4.57 Å². The Hall–Kier alpha value is -2.27. The standard InChI is InChI=1S/C14H12ClNO4/c1-8(17)9-5-13(14(18)19)16(7-9)12-6-10(20-2)3-4-11(12)15/h3-7H,1-2H3,(H,18,19). The van der Waals surface area contributed by atoms with Crippen molar-refractivity contribution in [2.75, 3.05) is 7.11 Å². The number of benzene rings is 1. The zero-order valence-electron chi connectivity index (χ0n) is 10.9. The molecule has 0 unspecified atom stereocenters. The summed E-state index contributed by atoms with van der Waals surface area (Å²) >= 11 is 6.10. The van der Waals surface area contributed by atoms with Gasteiger partial charge in [-0.2, -0.15) is 0 Å². The number of nitrogens with zero attached hydrogens (tertiary/aromatic N) is 1. The summed E-state index contributed by atoms with van der Waals surface area (Å²) in [5.41, 5.74) is 0.711. The van der Waals surface area contributed by atoms with Crippen molar-refractivity contribution in [3.8, 4) is 11.4 Å². The molecular weight excluding hydrogens is 282 g/mol. The summed E-state index contributed by atoms with van der Waals surface area (Å²) in [4.78, 5) is 22.7. The molecule has 1 aromatic carbocycles. The number of hydrogen-bond donors (Lipinski definition) is 1. The third kappa shape index (κ3) is 2.53. The second-order valence-corrected chi connectivity index (χ2v) is 4.57. The molecule has 0 radical (unpaired) electrons. The lowest BCUT2D eigenvalue weighted by Crippen LogP contribution is -2.06. The van der Waals surface area contributed by atoms with Crippen LogP contribution in [0.2, 0.25) is 5.02 Å². The number of ether oxygens (including phenoxy) is 1. The minimum absolute atomic E-state index is 0.0367. The molecule has 2 aromatic rings. The van der Waals surface area contributed by atoms with Crippen molar-refractivity contribution in [3.63, 3.8) is 0 Å². The Bertz CT molecular complexity index is 690. The lowest BCUT2D eigenvalue weighted by molar-refractivity contribution is 0.0688. The number of hydrogen-bond acceptors (Lipinski definition) is 3. The highest BCUT2D eigenvalue weighted by Gasteiger charge is 2.17. The van der Waals surface area contributed by atoms with Gasteiger partial charge in [0.2, 0.25) is 0 Å². The van der Waals surface area contributed by atoms with Crippen LogP contribution in [-0.2, 0) is 0 Å². The predicted molar refractivity (Wildman–Crippen MR) is 74.3 cm³/mol. The molecule has 0 amide bonds. The summed E-state index contributed by atoms with van der Waals surface area (Å²) in [5, 5.41) is 9.59. The highest BCUT2D eigenvalue weighted by molar-refractivity contribution is 6.32. The summed E-state index contributed by atoms with van der Waals surface area (Å²) in [6, 6.07) is 6.20. The molecule has 0 aliphatic heterocycles. The van der Waals surface area contributed by atoms with Crippen molar-refractivity contribution in [2.45, 2.75) is 6.92 Å². The molecule has 0 spiro atoms. The summed E-state index contributed by atoms with van der Waals surface area (Å²) in [5.74, 6) is -0.819. The van der Waals surface area contributed by atoms with Gasteiger partial charge in [-0.05, 0) is 25.1 Å². The number of aromatic nitrogens is 1. The van der Waals surface area contributed by atoms with Gasteiger partial charge >= 0.3 is 5.97 Å². The number of methoxy groups -OCH3 is 1. The Balaban J connectivity index is 2.67. The molecule has 6 heteroatoms. The molecule has 5 nitrogen and oxygen atoms in total. The molecule has 1 N–H and O–H groups in total. The van der Waals surface area contributed by atoms with Crippen LogP contribution in [0.15, 0.2) is 30.5 Å². The van der Waals surface area contributed by atoms with E-state index in [2.05, 4.69) is 0 Å². The highest BCUT2D eigenvalue weighted by atomic mass is 35.5. The van der Waals surface area contributed by atoms with Gasteiger partial charge in [-0.25, -0.2) is 4.79 Å². The van der Waals surface area contributed by atoms with E-state index in [1.807, 2.05) is 0 Å². The van der Waals surface area contributed by atoms with Gasteiger partial charge < -0.3 is 14.4 Å². The van der Waals surface area contributed by atoms with E-state index in [1.165, 1.54) is 30.9 Å². The number of halogens is 1. The molecule has 20 heavy (non-hydrogen) atoms. The van der Waals surface area contributed by atoms with E-state index in [0.29, 0.717) is 22.0 Å². The first-order chi connectivity index (χ1) is 9.43. The number of aromatic carboxylic acids is 1. The lowest BCUT2D eigenvalue weighted by Gasteiger charge is -2.10. The van der Waals surface area contributed by atoms with E-state index < -0.39 is 5.97 Å². The first-order valence-corrected chi connectivity index (χ1v) is 6.12. The lowest BCUT2D eigenvalue weighted by atomic mass is 10.2. The molecule has 0 aliphatic carbocycles. The van der Waals surface area contributed by atoms with E-state index in [-0.39, 0.29) is 11.5 Å². The Morgan fingerprint density at radius 3 is 2.55 bits per heavy atom. The van der Waals surface area contributed by atoms with Crippen LogP contribution in [0.5, 0.6) is 5.75 Å². The maximum atomic E-state index is 11.4. The van der Waals surface area contributed by atoms with E-state index in [1.54, 1.807) is 18.2 Å². The minimum Gasteiger partial charge on any atom is -0.497 e. The molecular formula is C14H12ClNO4. The Labute approximate surface area is 120 Å². The van der Waals surface area contributed by atoms with Crippen LogP contribution >= 0.6 is 11.6 Å². The summed E-state index contributed by atoms with van der Waals surface area (Å²) < 4.78 is 6.46. The molecule has 1 heterocycles. The van der Waals surface area contributed by atoms with Gasteiger partial charge in [-0.3, -0.25) is 4.79 Å². The van der Waals surface area contributed by atoms with Crippen molar-refractivity contribution >= 4 is 23.4 Å². The molecule has 1 aromatic heterocycles. The van der Waals surface area contributed by atoms with Crippen molar-refractivity contribution < 1.29 is 19.4 Å². The predicted octanol–water partition coefficient (Wildman–Crippen LogP) is 3.04. The Morgan fingerprint density at radius 1 is 1.30 bits per heavy atom. The number of rotatable bonds is 4. The third-order valence-electron chi connectivity index (χ3n) is 2.86. The molecule has 104 valence electrons. The van der Waals surface area contributed by atoms with E-state index in [9.17, 15) is 14.7 Å². The summed E-state index contributed by atoms with van der Waals surface area (Å²) in [6.45, 7) is 1.37. The summed E-state index contributed by atoms with van der Waals surface area (Å²) in [7, 11) is 1.50. The van der Waals surface area contributed by atoms with Crippen molar-refractivity contribution in [1.29, 1.82) is 0 Å². The second-order valence-electron chi connectivity index (χ2n) is 4.16. The van der Waals surface area contributed by atoms with Crippen molar-refractivity contribution in [3.05, 3.63) is 46.7 Å². The number of carboxylic acid groups (broad SMARTS) is 1. The molecule has 0 bridgehead atoms. The molecule has 0 saturated carbocycles. The van der Waals surface area contributed by atoms with Crippen LogP contribution in [0.4, 0.5) is 0 Å². The average Bonchev–Trinajstić information content (AvgIpc) is 2.84. The zero-order chi connectivity index (χ0) is 14.9. The SMILES string of the molecule is COc1ccc(Cl)c(-n2cc(C(C)=O)cc2C(=O)O)c1. The Morgan fingerprint density at radius 2 is 2.00 bits per heavy atom. The third-order valence-corrected chi connectivity index (χ3v) is 3.18. The number of ketones is 1. The van der Waals surface area contributed by atoms with Crippen LogP contribution in [0.25, 0.3) is 5.69 Å². The number of Topliss-reactive ketones (excluding diaryl/α,β-unsaturated/α-hetero) is 1. The minimum atomic E-state index is -1.14. The van der Waals surface area contributed by atoms with Gasteiger partial charge in [0.05, 0.1) is 17.8 Å². The number of carbonyl (C=O) groups is 2. The summed E-state index contributed by atoms with van der Waals surface area (Å²) in [6.07, 6.45) is 1.45. The fourth-order valence-corrected chi connectivity index (χ4v) is 2.03. The van der Waals surface area contributed by atoms with Crippen LogP contribution in [-0.4, -0.2) is 28.5 Å². The van der Waals surface area contributed by atoms with Gasteiger partial charge in [0.1, 0.15) is 11.4 Å². The fraction of sp³-hybridized carbons (Fsp3) is 0.143. The van der Waals surface area contributed by atoms with Gasteiger partial charge in [-0.1, -0.05) is 11.6 Å². The van der Waals surface area contributed by atoms with E-state index in [0.717, 1.165) is 0 Å². The van der Waals surface area contributed by atoms with E-state index in [4.69, 9.17) is 16.3 Å². The van der Waals surface area contributed by atoms with Crippen LogP contribution in [0.3, 0.4) is 0 Å².